The van der Waals surface area contributed by atoms with Gasteiger partial charge in [0.2, 0.25) is 5.89 Å². The van der Waals surface area contributed by atoms with Crippen molar-refractivity contribution in [3.05, 3.63) is 65.8 Å². The number of benzene rings is 1. The molecule has 1 atom stereocenters. The van der Waals surface area contributed by atoms with Crippen LogP contribution >= 0.6 is 11.8 Å². The quantitative estimate of drug-likeness (QED) is 0.290. The molecule has 0 saturated carbocycles. The summed E-state index contributed by atoms with van der Waals surface area (Å²) in [6, 6.07) is 14.3. The molecule has 1 unspecified atom stereocenters. The number of thioether (sulfide) groups is 1. The van der Waals surface area contributed by atoms with Gasteiger partial charge in [0.1, 0.15) is 5.75 Å². The van der Waals surface area contributed by atoms with Crippen molar-refractivity contribution in [2.75, 3.05) is 5.75 Å². The average Bonchev–Trinajstić information content (AvgIpc) is 3.12. The first-order valence-electron chi connectivity index (χ1n) is 7.53. The molecule has 0 amide bonds. The van der Waals surface area contributed by atoms with E-state index in [1.54, 1.807) is 25.1 Å². The van der Waals surface area contributed by atoms with Crippen molar-refractivity contribution in [3.63, 3.8) is 0 Å². The van der Waals surface area contributed by atoms with Gasteiger partial charge >= 0.3 is 5.97 Å². The topological polar surface area (TPSA) is 92.2 Å². The molecule has 7 nitrogen and oxygen atoms in total. The van der Waals surface area contributed by atoms with Gasteiger partial charge in [0.25, 0.3) is 10.9 Å². The van der Waals surface area contributed by atoms with E-state index in [1.807, 2.05) is 30.3 Å². The molecule has 0 aliphatic heterocycles. The number of pyridine rings is 1. The minimum atomic E-state index is -0.673. The lowest BCUT2D eigenvalue weighted by molar-refractivity contribution is -0.645. The standard InChI is InChI=1S/C17H15N3O4S/c1-12(16-18-19-17(24-16)13-7-3-2-4-8-13)23-15(21)11-25-14-9-5-6-10-20(14)22/h2-10,12H,11H2,1H3. The van der Waals surface area contributed by atoms with Gasteiger partial charge < -0.3 is 14.4 Å². The van der Waals surface area contributed by atoms with Gasteiger partial charge in [-0.2, -0.15) is 4.73 Å². The lowest BCUT2D eigenvalue weighted by Crippen LogP contribution is -2.28. The lowest BCUT2D eigenvalue weighted by Gasteiger charge is -2.09. The summed E-state index contributed by atoms with van der Waals surface area (Å²) in [6.45, 7) is 1.65. The maximum atomic E-state index is 11.9. The fourth-order valence-electron chi connectivity index (χ4n) is 2.04. The van der Waals surface area contributed by atoms with E-state index in [1.165, 1.54) is 6.20 Å². The Morgan fingerprint density at radius 1 is 1.24 bits per heavy atom. The highest BCUT2D eigenvalue weighted by molar-refractivity contribution is 7.99. The fourth-order valence-corrected chi connectivity index (χ4v) is 2.73. The second-order valence-corrected chi connectivity index (χ2v) is 6.09. The molecular weight excluding hydrogens is 342 g/mol. The Morgan fingerprint density at radius 3 is 2.76 bits per heavy atom. The van der Waals surface area contributed by atoms with Crippen molar-refractivity contribution in [2.24, 2.45) is 0 Å². The summed E-state index contributed by atoms with van der Waals surface area (Å²) >= 11 is 1.10. The van der Waals surface area contributed by atoms with Gasteiger partial charge in [-0.1, -0.05) is 18.2 Å². The molecule has 8 heteroatoms. The minimum Gasteiger partial charge on any atom is -0.618 e. The normalized spacial score (nSPS) is 11.9. The molecule has 1 aromatic carbocycles. The van der Waals surface area contributed by atoms with Crippen LogP contribution in [0.5, 0.6) is 0 Å². The lowest BCUT2D eigenvalue weighted by atomic mass is 10.2. The molecular formula is C17H15N3O4S. The summed E-state index contributed by atoms with van der Waals surface area (Å²) in [7, 11) is 0. The summed E-state index contributed by atoms with van der Waals surface area (Å²) < 4.78 is 11.5. The van der Waals surface area contributed by atoms with Crippen LogP contribution in [0.1, 0.15) is 18.9 Å². The summed E-state index contributed by atoms with van der Waals surface area (Å²) in [5.41, 5.74) is 0.791. The summed E-state index contributed by atoms with van der Waals surface area (Å²) in [5.74, 6) is 0.122. The number of rotatable bonds is 6. The zero-order chi connectivity index (χ0) is 17.6. The maximum Gasteiger partial charge on any atom is 0.317 e. The molecule has 0 bridgehead atoms. The Bertz CT molecular complexity index is 854. The molecule has 0 fully saturated rings. The molecule has 3 aromatic rings. The van der Waals surface area contributed by atoms with Crippen molar-refractivity contribution in [3.8, 4) is 11.5 Å². The van der Waals surface area contributed by atoms with E-state index in [9.17, 15) is 10.0 Å². The monoisotopic (exact) mass is 357 g/mol. The summed E-state index contributed by atoms with van der Waals surface area (Å²) in [5, 5.41) is 19.8. The van der Waals surface area contributed by atoms with Gasteiger partial charge in [-0.25, -0.2) is 0 Å². The van der Waals surface area contributed by atoms with Crippen molar-refractivity contribution >= 4 is 17.7 Å². The molecule has 0 spiro atoms. The zero-order valence-electron chi connectivity index (χ0n) is 13.4. The van der Waals surface area contributed by atoms with Crippen LogP contribution in [0.3, 0.4) is 0 Å². The molecule has 0 aliphatic carbocycles. The Kier molecular flexibility index (Phi) is 5.30. The minimum absolute atomic E-state index is 0.0102. The van der Waals surface area contributed by atoms with Crippen LogP contribution in [-0.4, -0.2) is 21.9 Å². The highest BCUT2D eigenvalue weighted by atomic mass is 32.2. The van der Waals surface area contributed by atoms with Gasteiger partial charge in [-0.3, -0.25) is 4.79 Å². The van der Waals surface area contributed by atoms with E-state index < -0.39 is 12.1 Å². The molecule has 2 heterocycles. The van der Waals surface area contributed by atoms with Gasteiger partial charge in [0.05, 0.1) is 0 Å². The van der Waals surface area contributed by atoms with Gasteiger partial charge in [-0.05, 0) is 36.9 Å². The van der Waals surface area contributed by atoms with E-state index in [4.69, 9.17) is 9.15 Å². The number of esters is 1. The molecule has 0 radical (unpaired) electrons. The van der Waals surface area contributed by atoms with Crippen LogP contribution in [0.25, 0.3) is 11.5 Å². The van der Waals surface area contributed by atoms with E-state index in [0.717, 1.165) is 17.3 Å². The summed E-state index contributed by atoms with van der Waals surface area (Å²) in [4.78, 5) is 11.9. The van der Waals surface area contributed by atoms with Crippen molar-refractivity contribution in [1.82, 2.24) is 10.2 Å². The van der Waals surface area contributed by atoms with Crippen molar-refractivity contribution in [2.45, 2.75) is 18.1 Å². The fraction of sp³-hybridized carbons (Fsp3) is 0.176. The largest absolute Gasteiger partial charge is 0.618 e. The highest BCUT2D eigenvalue weighted by Crippen LogP contribution is 2.22. The van der Waals surface area contributed by atoms with E-state index in [2.05, 4.69) is 10.2 Å². The number of nitrogens with zero attached hydrogens (tertiary/aromatic N) is 3. The molecule has 128 valence electrons. The second kappa shape index (κ2) is 7.80. The third-order valence-electron chi connectivity index (χ3n) is 3.24. The molecule has 0 aliphatic rings. The first kappa shape index (κ1) is 17.0. The van der Waals surface area contributed by atoms with E-state index in [0.29, 0.717) is 15.6 Å². The third-order valence-corrected chi connectivity index (χ3v) is 4.24. The van der Waals surface area contributed by atoms with Crippen LogP contribution in [0, 0.1) is 5.21 Å². The number of ether oxygens (including phenoxy) is 1. The smallest absolute Gasteiger partial charge is 0.317 e. The van der Waals surface area contributed by atoms with Crippen molar-refractivity contribution < 1.29 is 18.7 Å². The zero-order valence-corrected chi connectivity index (χ0v) is 14.2. The van der Waals surface area contributed by atoms with Gasteiger partial charge in [-0.15, -0.1) is 10.2 Å². The number of hydrogen-bond acceptors (Lipinski definition) is 7. The van der Waals surface area contributed by atoms with Crippen molar-refractivity contribution in [1.29, 1.82) is 0 Å². The molecule has 25 heavy (non-hydrogen) atoms. The molecule has 0 saturated heterocycles. The third kappa shape index (κ3) is 4.36. The Balaban J connectivity index is 1.57. The highest BCUT2D eigenvalue weighted by Gasteiger charge is 2.20. The predicted molar refractivity (Wildman–Crippen MR) is 90.4 cm³/mol. The number of carbonyl (C=O) groups is 1. The average molecular weight is 357 g/mol. The molecule has 0 N–H and O–H groups in total. The van der Waals surface area contributed by atoms with Crippen LogP contribution in [-0.2, 0) is 9.53 Å². The SMILES string of the molecule is CC(OC(=O)CSc1cccc[n+]1[O-])c1nnc(-c2ccccc2)o1. The second-order valence-electron chi connectivity index (χ2n) is 5.10. The molecule has 2 aromatic heterocycles. The Labute approximate surface area is 148 Å². The Hall–Kier alpha value is -2.87. The molecule has 3 rings (SSSR count). The first-order valence-corrected chi connectivity index (χ1v) is 8.51. The first-order chi connectivity index (χ1) is 12.1. The number of aromatic nitrogens is 3. The number of hydrogen-bond donors (Lipinski definition) is 0. The summed E-state index contributed by atoms with van der Waals surface area (Å²) in [6.07, 6.45) is 0.702. The van der Waals surface area contributed by atoms with Gasteiger partial charge in [0.15, 0.2) is 12.3 Å². The Morgan fingerprint density at radius 2 is 2.00 bits per heavy atom. The van der Waals surface area contributed by atoms with Crippen LogP contribution in [0.15, 0.2) is 64.2 Å². The van der Waals surface area contributed by atoms with Crippen LogP contribution < -0.4 is 4.73 Å². The maximum absolute atomic E-state index is 11.9. The number of carbonyl (C=O) groups excluding carboxylic acids is 1. The van der Waals surface area contributed by atoms with E-state index in [-0.39, 0.29) is 11.6 Å². The van der Waals surface area contributed by atoms with Crippen LogP contribution in [0.4, 0.5) is 0 Å². The predicted octanol–water partition coefficient (Wildman–Crippen LogP) is 2.77. The van der Waals surface area contributed by atoms with Crippen LogP contribution in [0.2, 0.25) is 0 Å². The van der Waals surface area contributed by atoms with Gasteiger partial charge in [0, 0.05) is 17.7 Å². The van der Waals surface area contributed by atoms with E-state index >= 15 is 0 Å².